The van der Waals surface area contributed by atoms with Crippen LogP contribution in [0.5, 0.6) is 0 Å². The van der Waals surface area contributed by atoms with Crippen molar-refractivity contribution in [1.29, 1.82) is 0 Å². The Bertz CT molecular complexity index is 312. The van der Waals surface area contributed by atoms with Crippen molar-refractivity contribution >= 4 is 28.0 Å². The lowest BCUT2D eigenvalue weighted by atomic mass is 10.2. The molecule has 0 aliphatic heterocycles. The summed E-state index contributed by atoms with van der Waals surface area (Å²) in [6.45, 7) is 4.71. The molecule has 0 radical (unpaired) electrons. The number of benzene rings is 1. The molecule has 1 rings (SSSR count). The summed E-state index contributed by atoms with van der Waals surface area (Å²) in [6.07, 6.45) is 0.231. The molecule has 0 heterocycles. The Morgan fingerprint density at radius 1 is 1.33 bits per heavy atom. The molecule has 4 heteroatoms. The molecule has 15 heavy (non-hydrogen) atoms. The zero-order chi connectivity index (χ0) is 11.1. The predicted molar refractivity (Wildman–Crippen MR) is 64.3 cm³/mol. The van der Waals surface area contributed by atoms with Crippen LogP contribution in [0.1, 0.15) is 13.8 Å². The van der Waals surface area contributed by atoms with Crippen LogP contribution >= 0.6 is 16.3 Å². The molecule has 0 atom stereocenters. The molecule has 1 aromatic carbocycles. The van der Waals surface area contributed by atoms with Gasteiger partial charge in [0.25, 0.3) is 0 Å². The van der Waals surface area contributed by atoms with E-state index in [1.165, 1.54) is 0 Å². The fourth-order valence-electron chi connectivity index (χ4n) is 0.918. The molecule has 0 aromatic heterocycles. The van der Waals surface area contributed by atoms with Crippen molar-refractivity contribution in [2.24, 2.45) is 10.9 Å². The van der Waals surface area contributed by atoms with E-state index in [1.807, 2.05) is 30.3 Å². The van der Waals surface area contributed by atoms with Crippen molar-refractivity contribution in [2.45, 2.75) is 13.8 Å². The lowest BCUT2D eigenvalue weighted by Gasteiger charge is -2.07. The van der Waals surface area contributed by atoms with Gasteiger partial charge in [0.05, 0.1) is 12.3 Å². The van der Waals surface area contributed by atoms with E-state index < -0.39 is 0 Å². The van der Waals surface area contributed by atoms with Gasteiger partial charge >= 0.3 is 6.08 Å². The summed E-state index contributed by atoms with van der Waals surface area (Å²) in [5, 5.41) is 0. The summed E-state index contributed by atoms with van der Waals surface area (Å²) in [4.78, 5) is 4.17. The summed E-state index contributed by atoms with van der Waals surface area (Å²) >= 11 is 2.87. The quantitative estimate of drug-likeness (QED) is 0.620. The van der Waals surface area contributed by atoms with Gasteiger partial charge in [-0.05, 0) is 18.1 Å². The SMILES string of the molecule is CC(C)COC(=Nc1ccccc1)OBr. The van der Waals surface area contributed by atoms with Crippen LogP contribution in [0.2, 0.25) is 0 Å². The molecule has 0 unspecified atom stereocenters. The second-order valence-electron chi connectivity index (χ2n) is 3.50. The van der Waals surface area contributed by atoms with Crippen LogP contribution < -0.4 is 0 Å². The summed E-state index contributed by atoms with van der Waals surface area (Å²) in [7, 11) is 0. The first kappa shape index (κ1) is 12.0. The number of nitrogens with zero attached hydrogens (tertiary/aromatic N) is 1. The zero-order valence-corrected chi connectivity index (χ0v) is 10.4. The van der Waals surface area contributed by atoms with Crippen molar-refractivity contribution in [3.63, 3.8) is 0 Å². The van der Waals surface area contributed by atoms with Crippen LogP contribution in [0.15, 0.2) is 35.3 Å². The van der Waals surface area contributed by atoms with E-state index in [-0.39, 0.29) is 6.08 Å². The molecule has 0 spiro atoms. The van der Waals surface area contributed by atoms with Gasteiger partial charge in [-0.15, -0.1) is 0 Å². The molecule has 0 fully saturated rings. The van der Waals surface area contributed by atoms with Gasteiger partial charge in [0.1, 0.15) is 0 Å². The molecule has 0 N–H and O–H groups in total. The van der Waals surface area contributed by atoms with Crippen molar-refractivity contribution in [1.82, 2.24) is 0 Å². The number of halogens is 1. The third kappa shape index (κ3) is 4.83. The maximum Gasteiger partial charge on any atom is 0.400 e. The Morgan fingerprint density at radius 2 is 2.00 bits per heavy atom. The van der Waals surface area contributed by atoms with E-state index in [4.69, 9.17) is 8.57 Å². The maximum atomic E-state index is 5.34. The van der Waals surface area contributed by atoms with E-state index >= 15 is 0 Å². The van der Waals surface area contributed by atoms with Gasteiger partial charge in [0, 0.05) is 0 Å². The molecule has 3 nitrogen and oxygen atoms in total. The van der Waals surface area contributed by atoms with Crippen LogP contribution in [0, 0.1) is 5.92 Å². The van der Waals surface area contributed by atoms with Crippen molar-refractivity contribution in [2.75, 3.05) is 6.61 Å². The fraction of sp³-hybridized carbons (Fsp3) is 0.364. The molecule has 0 amide bonds. The zero-order valence-electron chi connectivity index (χ0n) is 8.81. The fourth-order valence-corrected chi connectivity index (χ4v) is 1.08. The maximum absolute atomic E-state index is 5.34. The normalized spacial score (nSPS) is 11.6. The highest BCUT2D eigenvalue weighted by Gasteiger charge is 2.03. The van der Waals surface area contributed by atoms with Gasteiger partial charge in [-0.3, -0.25) is 0 Å². The van der Waals surface area contributed by atoms with E-state index in [2.05, 4.69) is 35.1 Å². The minimum Gasteiger partial charge on any atom is -0.450 e. The van der Waals surface area contributed by atoms with Crippen LogP contribution in [-0.2, 0) is 8.57 Å². The molecule has 0 bridgehead atoms. The van der Waals surface area contributed by atoms with Crippen LogP contribution in [-0.4, -0.2) is 12.7 Å². The Kier molecular flexibility index (Phi) is 5.18. The standard InChI is InChI=1S/C11H14BrNO2/c1-9(2)8-14-11(15-12)13-10-6-4-3-5-7-10/h3-7,9H,8H2,1-2H3. The minimum atomic E-state index is 0.231. The third-order valence-electron chi connectivity index (χ3n) is 1.58. The second kappa shape index (κ2) is 6.45. The monoisotopic (exact) mass is 271 g/mol. The van der Waals surface area contributed by atoms with Gasteiger partial charge in [0.15, 0.2) is 16.3 Å². The summed E-state index contributed by atoms with van der Waals surface area (Å²) in [6, 6.07) is 9.51. The first-order chi connectivity index (χ1) is 7.22. The van der Waals surface area contributed by atoms with Gasteiger partial charge in [-0.1, -0.05) is 32.0 Å². The predicted octanol–water partition coefficient (Wildman–Crippen LogP) is 3.67. The summed E-state index contributed by atoms with van der Waals surface area (Å²) in [5.41, 5.74) is 0.802. The topological polar surface area (TPSA) is 30.8 Å². The number of hydrogen-bond donors (Lipinski definition) is 0. The van der Waals surface area contributed by atoms with Gasteiger partial charge in [-0.25, -0.2) is 0 Å². The second-order valence-corrected chi connectivity index (χ2v) is 3.82. The van der Waals surface area contributed by atoms with E-state index in [1.54, 1.807) is 0 Å². The van der Waals surface area contributed by atoms with Crippen molar-refractivity contribution in [3.8, 4) is 0 Å². The Balaban J connectivity index is 2.62. The highest BCUT2D eigenvalue weighted by atomic mass is 79.9. The van der Waals surface area contributed by atoms with Gasteiger partial charge < -0.3 is 8.57 Å². The lowest BCUT2D eigenvalue weighted by molar-refractivity contribution is 0.216. The Morgan fingerprint density at radius 3 is 2.53 bits per heavy atom. The van der Waals surface area contributed by atoms with Crippen molar-refractivity contribution < 1.29 is 8.57 Å². The van der Waals surface area contributed by atoms with Crippen LogP contribution in [0.3, 0.4) is 0 Å². The molecule has 1 aromatic rings. The van der Waals surface area contributed by atoms with E-state index in [9.17, 15) is 0 Å². The van der Waals surface area contributed by atoms with Crippen LogP contribution in [0.4, 0.5) is 5.69 Å². The average Bonchev–Trinajstić information content (AvgIpc) is 2.25. The lowest BCUT2D eigenvalue weighted by Crippen LogP contribution is -2.09. The molecule has 0 saturated carbocycles. The largest absolute Gasteiger partial charge is 0.450 e. The van der Waals surface area contributed by atoms with E-state index in [0.717, 1.165) is 5.69 Å². The third-order valence-corrected chi connectivity index (χ3v) is 1.86. The Labute approximate surface area is 98.6 Å². The number of para-hydroxylation sites is 1. The first-order valence-corrected chi connectivity index (χ1v) is 5.42. The van der Waals surface area contributed by atoms with Crippen LogP contribution in [0.25, 0.3) is 0 Å². The molecule has 0 aliphatic rings. The minimum absolute atomic E-state index is 0.231. The van der Waals surface area contributed by atoms with Gasteiger partial charge in [0.2, 0.25) is 0 Å². The first-order valence-electron chi connectivity index (χ1n) is 4.77. The number of rotatable bonds is 3. The van der Waals surface area contributed by atoms with Gasteiger partial charge in [-0.2, -0.15) is 4.99 Å². The Hall–Kier alpha value is -1.03. The number of ether oxygens (including phenoxy) is 1. The smallest absolute Gasteiger partial charge is 0.400 e. The molecular formula is C11H14BrNO2. The highest BCUT2D eigenvalue weighted by molar-refractivity contribution is 9.06. The van der Waals surface area contributed by atoms with Crippen molar-refractivity contribution in [3.05, 3.63) is 30.3 Å². The molecule has 82 valence electrons. The summed E-state index contributed by atoms with van der Waals surface area (Å²) < 4.78 is 10.2. The number of aliphatic imine (C=N–C) groups is 1. The average molecular weight is 272 g/mol. The molecule has 0 aliphatic carbocycles. The highest BCUT2D eigenvalue weighted by Crippen LogP contribution is 2.12. The summed E-state index contributed by atoms with van der Waals surface area (Å²) in [5.74, 6) is 0.439. The number of hydrogen-bond acceptors (Lipinski definition) is 3. The molecular weight excluding hydrogens is 258 g/mol. The van der Waals surface area contributed by atoms with E-state index in [0.29, 0.717) is 12.5 Å². The molecule has 0 saturated heterocycles.